The normalized spacial score (nSPS) is 15.1. The average molecular weight is 380 g/mol. The van der Waals surface area contributed by atoms with Gasteiger partial charge in [0, 0.05) is 45.0 Å². The van der Waals surface area contributed by atoms with Crippen LogP contribution in [0.25, 0.3) is 11.0 Å². The largest absolute Gasteiger partial charge is 0.379 e. The molecule has 1 aromatic heterocycles. The van der Waals surface area contributed by atoms with Crippen molar-refractivity contribution in [1.82, 2.24) is 14.0 Å². The number of anilines is 1. The molecule has 7 heteroatoms. The van der Waals surface area contributed by atoms with Gasteiger partial charge in [0.25, 0.3) is 5.91 Å². The summed E-state index contributed by atoms with van der Waals surface area (Å²) in [4.78, 5) is 27.1. The molecule has 2 aromatic carbocycles. The number of nitrogens with one attached hydrogen (secondary N) is 1. The monoisotopic (exact) mass is 380 g/mol. The molecule has 1 N–H and O–H groups in total. The van der Waals surface area contributed by atoms with Gasteiger partial charge in [-0.1, -0.05) is 12.1 Å². The number of amides is 1. The van der Waals surface area contributed by atoms with Gasteiger partial charge in [0.1, 0.15) is 0 Å². The minimum Gasteiger partial charge on any atom is -0.379 e. The number of carbonyl (C=O) groups excluding carboxylic acids is 1. The number of carbonyl (C=O) groups is 1. The fraction of sp³-hybridized carbons (Fsp3) is 0.333. The van der Waals surface area contributed by atoms with Gasteiger partial charge < -0.3 is 10.1 Å². The standard InChI is InChI=1S/C21H24N4O3/c1-23-18-7-6-17(13-19(18)24(2)21(23)27)22-20(26)16-5-3-4-15(12-16)14-25-8-10-28-11-9-25/h3-7,12-13H,8-11,14H2,1-2H3,(H,22,26). The van der Waals surface area contributed by atoms with E-state index in [2.05, 4.69) is 10.2 Å². The number of ether oxygens (including phenoxy) is 1. The van der Waals surface area contributed by atoms with E-state index < -0.39 is 0 Å². The second-order valence-corrected chi connectivity index (χ2v) is 7.15. The number of imidazole rings is 1. The number of aryl methyl sites for hydroxylation is 2. The van der Waals surface area contributed by atoms with Gasteiger partial charge in [0.05, 0.1) is 24.2 Å². The SMILES string of the molecule is Cn1c(=O)n(C)c2cc(NC(=O)c3cccc(CN4CCOCC4)c3)ccc21. The lowest BCUT2D eigenvalue weighted by atomic mass is 10.1. The van der Waals surface area contributed by atoms with E-state index in [1.165, 1.54) is 0 Å². The van der Waals surface area contributed by atoms with Crippen LogP contribution >= 0.6 is 0 Å². The van der Waals surface area contributed by atoms with Crippen molar-refractivity contribution in [3.8, 4) is 0 Å². The fourth-order valence-corrected chi connectivity index (χ4v) is 3.62. The molecule has 1 fully saturated rings. The molecule has 1 saturated heterocycles. The van der Waals surface area contributed by atoms with Crippen molar-refractivity contribution in [2.45, 2.75) is 6.54 Å². The van der Waals surface area contributed by atoms with Crippen molar-refractivity contribution in [3.05, 3.63) is 64.1 Å². The Morgan fingerprint density at radius 2 is 1.79 bits per heavy atom. The third-order valence-corrected chi connectivity index (χ3v) is 5.23. The minimum absolute atomic E-state index is 0.0886. The summed E-state index contributed by atoms with van der Waals surface area (Å²) in [6.07, 6.45) is 0. The summed E-state index contributed by atoms with van der Waals surface area (Å²) in [5.74, 6) is -0.163. The first-order chi connectivity index (χ1) is 13.5. The van der Waals surface area contributed by atoms with Gasteiger partial charge >= 0.3 is 5.69 Å². The molecular formula is C21H24N4O3. The van der Waals surface area contributed by atoms with Crippen LogP contribution in [0.1, 0.15) is 15.9 Å². The molecule has 0 atom stereocenters. The Bertz CT molecular complexity index is 1080. The van der Waals surface area contributed by atoms with Gasteiger partial charge in [-0.05, 0) is 35.9 Å². The number of hydrogen-bond acceptors (Lipinski definition) is 4. The van der Waals surface area contributed by atoms with Crippen LogP contribution in [-0.4, -0.2) is 46.2 Å². The lowest BCUT2D eigenvalue weighted by molar-refractivity contribution is 0.0342. The molecule has 0 radical (unpaired) electrons. The Labute approximate surface area is 163 Å². The highest BCUT2D eigenvalue weighted by molar-refractivity contribution is 6.05. The summed E-state index contributed by atoms with van der Waals surface area (Å²) in [5.41, 5.74) is 3.92. The van der Waals surface area contributed by atoms with Crippen LogP contribution < -0.4 is 11.0 Å². The Morgan fingerprint density at radius 1 is 1.04 bits per heavy atom. The number of nitrogens with zero attached hydrogens (tertiary/aromatic N) is 3. The summed E-state index contributed by atoms with van der Waals surface area (Å²) in [6.45, 7) is 4.14. The van der Waals surface area contributed by atoms with E-state index in [1.54, 1.807) is 23.2 Å². The van der Waals surface area contributed by atoms with Gasteiger partial charge in [-0.2, -0.15) is 0 Å². The van der Waals surface area contributed by atoms with E-state index >= 15 is 0 Å². The van der Waals surface area contributed by atoms with Crippen molar-refractivity contribution < 1.29 is 9.53 Å². The number of aromatic nitrogens is 2. The second-order valence-electron chi connectivity index (χ2n) is 7.15. The number of morpholine rings is 1. The second kappa shape index (κ2) is 7.61. The van der Waals surface area contributed by atoms with Gasteiger partial charge in [0.15, 0.2) is 0 Å². The maximum absolute atomic E-state index is 12.7. The Balaban J connectivity index is 1.52. The molecule has 0 aliphatic carbocycles. The first-order valence-electron chi connectivity index (χ1n) is 9.39. The highest BCUT2D eigenvalue weighted by atomic mass is 16.5. The number of hydrogen-bond donors (Lipinski definition) is 1. The smallest absolute Gasteiger partial charge is 0.328 e. The van der Waals surface area contributed by atoms with Crippen LogP contribution in [0, 0.1) is 0 Å². The van der Waals surface area contributed by atoms with Crippen molar-refractivity contribution in [2.24, 2.45) is 14.1 Å². The van der Waals surface area contributed by atoms with Crippen LogP contribution in [-0.2, 0) is 25.4 Å². The molecule has 0 spiro atoms. The van der Waals surface area contributed by atoms with Crippen LogP contribution in [0.4, 0.5) is 5.69 Å². The summed E-state index contributed by atoms with van der Waals surface area (Å²) in [6, 6.07) is 13.2. The molecule has 0 saturated carbocycles. The van der Waals surface area contributed by atoms with E-state index in [-0.39, 0.29) is 11.6 Å². The maximum atomic E-state index is 12.7. The zero-order chi connectivity index (χ0) is 19.7. The molecule has 3 aromatic rings. The Hall–Kier alpha value is -2.90. The van der Waals surface area contributed by atoms with Gasteiger partial charge in [-0.25, -0.2) is 4.79 Å². The van der Waals surface area contributed by atoms with Crippen LogP contribution in [0.3, 0.4) is 0 Å². The topological polar surface area (TPSA) is 68.5 Å². The third kappa shape index (κ3) is 3.58. The van der Waals surface area contributed by atoms with E-state index in [0.717, 1.165) is 49.4 Å². The summed E-state index contributed by atoms with van der Waals surface area (Å²) < 4.78 is 8.56. The molecule has 1 aliphatic rings. The van der Waals surface area contributed by atoms with E-state index in [1.807, 2.05) is 42.5 Å². The summed E-state index contributed by atoms with van der Waals surface area (Å²) >= 11 is 0. The molecule has 7 nitrogen and oxygen atoms in total. The lowest BCUT2D eigenvalue weighted by Gasteiger charge is -2.26. The number of fused-ring (bicyclic) bond motifs is 1. The molecule has 1 aliphatic heterocycles. The highest BCUT2D eigenvalue weighted by Crippen LogP contribution is 2.19. The molecule has 0 bridgehead atoms. The third-order valence-electron chi connectivity index (χ3n) is 5.23. The van der Waals surface area contributed by atoms with Crippen LogP contribution in [0.5, 0.6) is 0 Å². The molecule has 0 unspecified atom stereocenters. The highest BCUT2D eigenvalue weighted by Gasteiger charge is 2.13. The van der Waals surface area contributed by atoms with Gasteiger partial charge in [-0.3, -0.25) is 18.8 Å². The average Bonchev–Trinajstić information content (AvgIpc) is 2.93. The van der Waals surface area contributed by atoms with Gasteiger partial charge in [-0.15, -0.1) is 0 Å². The van der Waals surface area contributed by atoms with E-state index in [4.69, 9.17) is 4.74 Å². The van der Waals surface area contributed by atoms with Crippen molar-refractivity contribution in [1.29, 1.82) is 0 Å². The number of rotatable bonds is 4. The lowest BCUT2D eigenvalue weighted by Crippen LogP contribution is -2.35. The van der Waals surface area contributed by atoms with Crippen LogP contribution in [0.15, 0.2) is 47.3 Å². The predicted octanol–water partition coefficient (Wildman–Crippen LogP) is 1.96. The fourth-order valence-electron chi connectivity index (χ4n) is 3.62. The van der Waals surface area contributed by atoms with Crippen molar-refractivity contribution in [2.75, 3.05) is 31.6 Å². The Morgan fingerprint density at radius 3 is 2.57 bits per heavy atom. The number of benzene rings is 2. The van der Waals surface area contributed by atoms with E-state index in [9.17, 15) is 9.59 Å². The summed E-state index contributed by atoms with van der Waals surface area (Å²) in [5, 5.41) is 2.94. The predicted molar refractivity (Wildman–Crippen MR) is 109 cm³/mol. The maximum Gasteiger partial charge on any atom is 0.328 e. The summed E-state index contributed by atoms with van der Waals surface area (Å²) in [7, 11) is 3.47. The molecular weight excluding hydrogens is 356 g/mol. The van der Waals surface area contributed by atoms with Gasteiger partial charge in [0.2, 0.25) is 0 Å². The van der Waals surface area contributed by atoms with Crippen molar-refractivity contribution in [3.63, 3.8) is 0 Å². The zero-order valence-corrected chi connectivity index (χ0v) is 16.1. The molecule has 2 heterocycles. The molecule has 146 valence electrons. The molecule has 28 heavy (non-hydrogen) atoms. The molecule has 4 rings (SSSR count). The van der Waals surface area contributed by atoms with E-state index in [0.29, 0.717) is 11.3 Å². The first kappa shape index (κ1) is 18.5. The van der Waals surface area contributed by atoms with Crippen molar-refractivity contribution >= 4 is 22.6 Å². The van der Waals surface area contributed by atoms with Crippen LogP contribution in [0.2, 0.25) is 0 Å². The first-order valence-corrected chi connectivity index (χ1v) is 9.39. The molecule has 1 amide bonds. The quantitative estimate of drug-likeness (QED) is 0.751. The minimum atomic E-state index is -0.163. The zero-order valence-electron chi connectivity index (χ0n) is 16.1. The Kier molecular flexibility index (Phi) is 5.02.